The van der Waals surface area contributed by atoms with Gasteiger partial charge in [0.25, 0.3) is 5.56 Å². The second kappa shape index (κ2) is 18.5. The zero-order valence-electron chi connectivity index (χ0n) is 32.6. The fourth-order valence-electron chi connectivity index (χ4n) is 7.06. The number of hydrogen-bond donors (Lipinski definition) is 7. The van der Waals surface area contributed by atoms with Crippen molar-refractivity contribution >= 4 is 58.1 Å². The van der Waals surface area contributed by atoms with E-state index in [1.54, 1.807) is 13.0 Å². The Morgan fingerprint density at radius 3 is 2.47 bits per heavy atom. The second-order valence-electron chi connectivity index (χ2n) is 14.6. The van der Waals surface area contributed by atoms with Gasteiger partial charge in [-0.1, -0.05) is 19.1 Å². The predicted molar refractivity (Wildman–Crippen MR) is 210 cm³/mol. The average molecular weight is 907 g/mol. The van der Waals surface area contributed by atoms with Crippen LogP contribution in [0, 0.1) is 0 Å². The van der Waals surface area contributed by atoms with Gasteiger partial charge in [0, 0.05) is 54.8 Å². The highest BCUT2D eigenvalue weighted by Crippen LogP contribution is 2.66. The first-order valence-electron chi connectivity index (χ1n) is 18.4. The van der Waals surface area contributed by atoms with Gasteiger partial charge in [0.05, 0.1) is 24.9 Å². The summed E-state index contributed by atoms with van der Waals surface area (Å²) in [6.07, 6.45) is 0.904. The molecule has 1 saturated heterocycles. The van der Waals surface area contributed by atoms with Crippen molar-refractivity contribution in [3.63, 3.8) is 0 Å². The van der Waals surface area contributed by atoms with Gasteiger partial charge in [0.2, 0.25) is 5.91 Å². The van der Waals surface area contributed by atoms with Gasteiger partial charge in [-0.25, -0.2) is 28.1 Å². The second-order valence-corrected chi connectivity index (χ2v) is 19.0. The Bertz CT molecular complexity index is 2480. The number of phosphoric acid groups is 3. The summed E-state index contributed by atoms with van der Waals surface area (Å²) in [5, 5.41) is 13.7. The highest BCUT2D eigenvalue weighted by Gasteiger charge is 2.43. The number of aromatic nitrogens is 2. The number of nitrogens with one attached hydrogen (secondary N) is 2. The van der Waals surface area contributed by atoms with Crippen LogP contribution in [0.1, 0.15) is 87.0 Å². The van der Waals surface area contributed by atoms with E-state index in [0.29, 0.717) is 23.9 Å². The third kappa shape index (κ3) is 11.8. The molecule has 2 unspecified atom stereocenters. The Labute approximate surface area is 340 Å². The number of phosphoric ester groups is 1. The standard InChI is InChI=1S/C34H45N4O19P3/c1-5-52-31(42)23-13-21-12-22-19(2)16-34(3,4)38(24(22)14-26(21)55-32(23)43)11-7-9-28(40)35-10-6-8-20-17-37(33(44)36-30(20)41)29-15-25(39)27(54-29)18-53-59(48,49)57-60(50,51)56-58(45,46)47/h6,8,12-14,17,19,25,27,29,39H,5,7,9-11,15-16,18H2,1-4H3,(H,35,40)(H,48,49)(H,50,51)(H,36,41,44)(H2,45,46,47)/b8-6+/t19-,25+,27+,29+/m0/s1. The van der Waals surface area contributed by atoms with Crippen LogP contribution in [-0.2, 0) is 41.1 Å². The molecule has 26 heteroatoms. The highest BCUT2D eigenvalue weighted by atomic mass is 31.3. The zero-order chi connectivity index (χ0) is 44.4. The maximum atomic E-state index is 12.8. The minimum Gasteiger partial charge on any atom is -0.462 e. The lowest BCUT2D eigenvalue weighted by molar-refractivity contribution is -0.120. The van der Waals surface area contributed by atoms with Crippen LogP contribution in [0.25, 0.3) is 17.0 Å². The van der Waals surface area contributed by atoms with Crippen LogP contribution in [0.5, 0.6) is 0 Å². The van der Waals surface area contributed by atoms with Crippen LogP contribution in [0.15, 0.2) is 49.3 Å². The maximum absolute atomic E-state index is 12.8. The summed E-state index contributed by atoms with van der Waals surface area (Å²) in [6.45, 7) is 7.54. The molecule has 60 heavy (non-hydrogen) atoms. The monoisotopic (exact) mass is 906 g/mol. The summed E-state index contributed by atoms with van der Waals surface area (Å²) < 4.78 is 63.2. The fraction of sp³-hybridized carbons (Fsp3) is 0.500. The molecule has 7 N–H and O–H groups in total. The summed E-state index contributed by atoms with van der Waals surface area (Å²) in [7, 11) is -16.9. The molecule has 4 heterocycles. The Hall–Kier alpha value is -4.08. The highest BCUT2D eigenvalue weighted by molar-refractivity contribution is 7.66. The van der Waals surface area contributed by atoms with Crippen LogP contribution in [0.4, 0.5) is 5.69 Å². The zero-order valence-corrected chi connectivity index (χ0v) is 35.3. The van der Waals surface area contributed by atoms with Gasteiger partial charge in [-0.2, -0.15) is 8.62 Å². The number of amides is 1. The Morgan fingerprint density at radius 1 is 1.07 bits per heavy atom. The summed E-state index contributed by atoms with van der Waals surface area (Å²) in [5.74, 6) is -0.903. The smallest absolute Gasteiger partial charge is 0.462 e. The maximum Gasteiger partial charge on any atom is 0.490 e. The van der Waals surface area contributed by atoms with E-state index in [2.05, 4.69) is 49.1 Å². The Balaban J connectivity index is 1.16. The van der Waals surface area contributed by atoms with Crippen LogP contribution in [-0.4, -0.2) is 90.2 Å². The number of H-pyrrole nitrogens is 1. The lowest BCUT2D eigenvalue weighted by Gasteiger charge is -2.47. The van der Waals surface area contributed by atoms with Crippen LogP contribution < -0.4 is 27.1 Å². The van der Waals surface area contributed by atoms with E-state index in [0.717, 1.165) is 28.4 Å². The molecule has 2 aliphatic heterocycles. The molecule has 3 aromatic rings. The van der Waals surface area contributed by atoms with Gasteiger partial charge in [-0.15, -0.1) is 0 Å². The molecule has 5 rings (SSSR count). The first-order valence-corrected chi connectivity index (χ1v) is 22.9. The van der Waals surface area contributed by atoms with Gasteiger partial charge >= 0.3 is 40.8 Å². The van der Waals surface area contributed by atoms with Gasteiger partial charge < -0.3 is 48.8 Å². The molecule has 0 radical (unpaired) electrons. The molecule has 1 aromatic carbocycles. The normalized spacial score (nSPS) is 22.3. The van der Waals surface area contributed by atoms with E-state index in [4.69, 9.17) is 23.7 Å². The minimum absolute atomic E-state index is 0.00702. The number of ether oxygens (including phenoxy) is 2. The largest absolute Gasteiger partial charge is 0.490 e. The van der Waals surface area contributed by atoms with E-state index >= 15 is 0 Å². The molecule has 6 atom stereocenters. The van der Waals surface area contributed by atoms with Crippen LogP contribution >= 0.6 is 23.5 Å². The minimum atomic E-state index is -5.78. The van der Waals surface area contributed by atoms with E-state index in [1.165, 1.54) is 18.2 Å². The number of carbonyl (C=O) groups is 2. The van der Waals surface area contributed by atoms with Crippen molar-refractivity contribution in [2.24, 2.45) is 0 Å². The van der Waals surface area contributed by atoms with Crippen molar-refractivity contribution in [1.29, 1.82) is 0 Å². The molecular weight excluding hydrogens is 861 g/mol. The molecular formula is C34H45N4O19P3. The molecule has 1 amide bonds. The Morgan fingerprint density at radius 2 is 1.78 bits per heavy atom. The number of aliphatic hydroxyl groups excluding tert-OH is 1. The van der Waals surface area contributed by atoms with Crippen molar-refractivity contribution in [3.8, 4) is 0 Å². The first kappa shape index (κ1) is 47.0. The number of benzene rings is 1. The van der Waals surface area contributed by atoms with Gasteiger partial charge in [0.1, 0.15) is 23.5 Å². The lowest BCUT2D eigenvalue weighted by Crippen LogP contribution is -2.49. The summed E-state index contributed by atoms with van der Waals surface area (Å²) >= 11 is 0. The predicted octanol–water partition coefficient (Wildman–Crippen LogP) is 2.51. The van der Waals surface area contributed by atoms with E-state index < -0.39 is 71.4 Å². The lowest BCUT2D eigenvalue weighted by atomic mass is 9.79. The van der Waals surface area contributed by atoms with Crippen LogP contribution in [0.2, 0.25) is 0 Å². The number of aromatic amines is 1. The number of rotatable bonds is 17. The number of hydrogen-bond acceptors (Lipinski definition) is 16. The topological polar surface area (TPSA) is 333 Å². The summed E-state index contributed by atoms with van der Waals surface area (Å²) in [4.78, 5) is 103. The summed E-state index contributed by atoms with van der Waals surface area (Å²) in [6, 6.07) is 5.17. The SMILES string of the molecule is CCOC(=O)c1cc2cc3c(cc2oc1=O)N(CCCC(=O)NC/C=C/c1cn([C@H]2C[C@@H](O)[C@@H](COP(=O)(O)OP(=O)(O)OP(=O)(O)O)O2)c(=O)[nH]c1=O)C(C)(C)C[C@@H]3C. The first-order chi connectivity index (χ1) is 27.9. The number of carbonyl (C=O) groups excluding carboxylic acids is 2. The van der Waals surface area contributed by atoms with Gasteiger partial charge in [0.15, 0.2) is 0 Å². The molecule has 0 bridgehead atoms. The third-order valence-corrected chi connectivity index (χ3v) is 13.4. The number of esters is 1. The molecule has 0 spiro atoms. The van der Waals surface area contributed by atoms with Crippen molar-refractivity contribution < 1.29 is 75.0 Å². The van der Waals surface area contributed by atoms with Crippen LogP contribution in [0.3, 0.4) is 0 Å². The quantitative estimate of drug-likeness (QED) is 0.0581. The van der Waals surface area contributed by atoms with Gasteiger partial charge in [-0.3, -0.25) is 23.7 Å². The molecule has 2 aliphatic rings. The number of aliphatic hydroxyl groups is 1. The fourth-order valence-corrected chi connectivity index (χ4v) is 10.1. The third-order valence-electron chi connectivity index (χ3n) is 9.56. The molecule has 330 valence electrons. The molecule has 23 nitrogen and oxygen atoms in total. The van der Waals surface area contributed by atoms with Crippen molar-refractivity contribution in [1.82, 2.24) is 14.9 Å². The van der Waals surface area contributed by atoms with Crippen molar-refractivity contribution in [2.75, 3.05) is 31.2 Å². The van der Waals surface area contributed by atoms with E-state index in [1.807, 2.05) is 6.07 Å². The molecule has 0 aliphatic carbocycles. The van der Waals surface area contributed by atoms with Gasteiger partial charge in [-0.05, 0) is 57.2 Å². The van der Waals surface area contributed by atoms with Crippen molar-refractivity contribution in [2.45, 2.75) is 83.3 Å². The molecule has 2 aromatic heterocycles. The molecule has 0 saturated carbocycles. The molecule has 1 fully saturated rings. The number of anilines is 1. The van der Waals surface area contributed by atoms with Crippen molar-refractivity contribution in [3.05, 3.63) is 78.4 Å². The summed E-state index contributed by atoms with van der Waals surface area (Å²) in [5.41, 5.74) is -0.904. The number of fused-ring (bicyclic) bond motifs is 2. The number of nitrogens with zero attached hydrogens (tertiary/aromatic N) is 2. The van der Waals surface area contributed by atoms with E-state index in [9.17, 15) is 52.6 Å². The average Bonchev–Trinajstić information content (AvgIpc) is 3.48. The van der Waals surface area contributed by atoms with E-state index in [-0.39, 0.29) is 54.5 Å². The Kier molecular flexibility index (Phi) is 14.5.